The summed E-state index contributed by atoms with van der Waals surface area (Å²) in [5.41, 5.74) is 0. The fraction of sp³-hybridized carbons (Fsp3) is 0.786. The van der Waals surface area contributed by atoms with Crippen LogP contribution in [0.2, 0.25) is 0 Å². The Labute approximate surface area is 137 Å². The molecule has 0 aliphatic carbocycles. The van der Waals surface area contributed by atoms with Crippen molar-refractivity contribution in [3.63, 3.8) is 0 Å². The second kappa shape index (κ2) is 7.01. The zero-order valence-corrected chi connectivity index (χ0v) is 13.7. The largest absolute Gasteiger partial charge is 0.463 e. The Morgan fingerprint density at radius 2 is 1.58 bits per heavy atom. The predicted octanol–water partition coefficient (Wildman–Crippen LogP) is -0.781. The van der Waals surface area contributed by atoms with Gasteiger partial charge in [0.2, 0.25) is 0 Å². The van der Waals surface area contributed by atoms with Gasteiger partial charge in [0.15, 0.2) is 24.6 Å². The van der Waals surface area contributed by atoms with Crippen molar-refractivity contribution < 1.29 is 47.9 Å². The summed E-state index contributed by atoms with van der Waals surface area (Å²) < 4.78 is 31.3. The Hall–Kier alpha value is -1.75. The van der Waals surface area contributed by atoms with Crippen LogP contribution in [0.25, 0.3) is 0 Å². The van der Waals surface area contributed by atoms with Crippen LogP contribution in [0, 0.1) is 0 Å². The highest BCUT2D eigenvalue weighted by Crippen LogP contribution is 2.37. The molecule has 1 unspecified atom stereocenters. The van der Waals surface area contributed by atoms with E-state index in [9.17, 15) is 19.5 Å². The van der Waals surface area contributed by atoms with Crippen LogP contribution in [-0.4, -0.2) is 66.3 Å². The monoisotopic (exact) mass is 348 g/mol. The molecule has 0 saturated carbocycles. The molecule has 0 aromatic heterocycles. The molecule has 0 aromatic rings. The lowest BCUT2D eigenvalue weighted by Crippen LogP contribution is -2.60. The van der Waals surface area contributed by atoms with Crippen molar-refractivity contribution in [2.24, 2.45) is 0 Å². The Bertz CT molecular complexity index is 516. The number of carbonyl (C=O) groups is 3. The molecule has 0 aromatic carbocycles. The number of carbonyl (C=O) groups excluding carboxylic acids is 3. The zero-order chi connectivity index (χ0) is 18.1. The van der Waals surface area contributed by atoms with E-state index in [1.807, 2.05) is 0 Å². The standard InChI is InChI=1S/C14H20O10/c1-6(15)19-5-9-10(20-7(2)16)11(21-8(3)17)12-13(22-9)24-14(4,18)23-12/h9-13,18H,5H2,1-4H3/t9-,10-,11+,12+,13+,14?/m1/s1. The summed E-state index contributed by atoms with van der Waals surface area (Å²) in [4.78, 5) is 33.9. The molecule has 2 fully saturated rings. The Balaban J connectivity index is 2.28. The van der Waals surface area contributed by atoms with E-state index in [-0.39, 0.29) is 6.61 Å². The van der Waals surface area contributed by atoms with Gasteiger partial charge >= 0.3 is 17.9 Å². The normalized spacial score (nSPS) is 38.1. The molecule has 0 amide bonds. The first-order valence-corrected chi connectivity index (χ1v) is 7.30. The van der Waals surface area contributed by atoms with Gasteiger partial charge in [0, 0.05) is 27.7 Å². The van der Waals surface area contributed by atoms with E-state index in [1.165, 1.54) is 27.7 Å². The quantitative estimate of drug-likeness (QED) is 0.510. The molecule has 2 aliphatic heterocycles. The molecule has 136 valence electrons. The molecule has 1 N–H and O–H groups in total. The van der Waals surface area contributed by atoms with Crippen LogP contribution in [0.5, 0.6) is 0 Å². The van der Waals surface area contributed by atoms with E-state index in [4.69, 9.17) is 28.4 Å². The summed E-state index contributed by atoms with van der Waals surface area (Å²) >= 11 is 0. The molecule has 10 heteroatoms. The molecular weight excluding hydrogens is 328 g/mol. The zero-order valence-electron chi connectivity index (χ0n) is 13.7. The van der Waals surface area contributed by atoms with Gasteiger partial charge in [-0.25, -0.2) is 0 Å². The van der Waals surface area contributed by atoms with Crippen LogP contribution in [-0.2, 0) is 42.8 Å². The van der Waals surface area contributed by atoms with Gasteiger partial charge in [-0.15, -0.1) is 0 Å². The lowest BCUT2D eigenvalue weighted by Gasteiger charge is -2.40. The van der Waals surface area contributed by atoms with Crippen molar-refractivity contribution in [3.8, 4) is 0 Å². The van der Waals surface area contributed by atoms with Crippen LogP contribution < -0.4 is 0 Å². The van der Waals surface area contributed by atoms with Crippen LogP contribution in [0.3, 0.4) is 0 Å². The lowest BCUT2D eigenvalue weighted by molar-refractivity contribution is -0.322. The van der Waals surface area contributed by atoms with Crippen LogP contribution in [0.4, 0.5) is 0 Å². The molecular formula is C14H20O10. The highest BCUT2D eigenvalue weighted by atomic mass is 16.9. The molecule has 10 nitrogen and oxygen atoms in total. The van der Waals surface area contributed by atoms with Crippen molar-refractivity contribution >= 4 is 17.9 Å². The molecule has 2 rings (SSSR count). The fourth-order valence-corrected chi connectivity index (χ4v) is 2.59. The van der Waals surface area contributed by atoms with Gasteiger partial charge in [0.05, 0.1) is 0 Å². The van der Waals surface area contributed by atoms with Crippen LogP contribution in [0.1, 0.15) is 27.7 Å². The molecule has 0 spiro atoms. The van der Waals surface area contributed by atoms with Crippen molar-refractivity contribution in [1.82, 2.24) is 0 Å². The Morgan fingerprint density at radius 1 is 1.00 bits per heavy atom. The third-order valence-electron chi connectivity index (χ3n) is 3.34. The average Bonchev–Trinajstić information content (AvgIpc) is 2.72. The lowest BCUT2D eigenvalue weighted by atomic mass is 9.98. The van der Waals surface area contributed by atoms with Gasteiger partial charge in [-0.1, -0.05) is 0 Å². The smallest absolute Gasteiger partial charge is 0.303 e. The summed E-state index contributed by atoms with van der Waals surface area (Å²) in [6.45, 7) is 4.52. The number of hydrogen-bond donors (Lipinski definition) is 1. The maximum atomic E-state index is 11.4. The van der Waals surface area contributed by atoms with Crippen molar-refractivity contribution in [1.29, 1.82) is 0 Å². The van der Waals surface area contributed by atoms with Gasteiger partial charge in [0.25, 0.3) is 5.97 Å². The van der Waals surface area contributed by atoms with Crippen LogP contribution in [0.15, 0.2) is 0 Å². The predicted molar refractivity (Wildman–Crippen MR) is 73.0 cm³/mol. The molecule has 0 radical (unpaired) electrons. The number of fused-ring (bicyclic) bond motifs is 1. The highest BCUT2D eigenvalue weighted by Gasteiger charge is 2.58. The average molecular weight is 348 g/mol. The third kappa shape index (κ3) is 4.41. The number of rotatable bonds is 4. The van der Waals surface area contributed by atoms with Gasteiger partial charge in [-0.2, -0.15) is 0 Å². The maximum Gasteiger partial charge on any atom is 0.303 e. The van der Waals surface area contributed by atoms with E-state index in [0.717, 1.165) is 0 Å². The SMILES string of the molecule is CC(=O)OC[C@H]1O[C@H]2OC(C)(O)O[C@H]2[C@@H](OC(C)=O)[C@@H]1OC(C)=O. The van der Waals surface area contributed by atoms with Gasteiger partial charge in [-0.05, 0) is 0 Å². The number of aliphatic hydroxyl groups is 1. The Kier molecular flexibility index (Phi) is 5.43. The van der Waals surface area contributed by atoms with Crippen molar-refractivity contribution in [2.45, 2.75) is 64.4 Å². The second-order valence-corrected chi connectivity index (χ2v) is 5.59. The van der Waals surface area contributed by atoms with E-state index in [2.05, 4.69) is 0 Å². The first-order chi connectivity index (χ1) is 11.1. The van der Waals surface area contributed by atoms with E-state index >= 15 is 0 Å². The van der Waals surface area contributed by atoms with Gasteiger partial charge < -0.3 is 28.8 Å². The summed E-state index contributed by atoms with van der Waals surface area (Å²) in [5.74, 6) is -3.84. The molecule has 0 bridgehead atoms. The summed E-state index contributed by atoms with van der Waals surface area (Å²) in [7, 11) is 0. The summed E-state index contributed by atoms with van der Waals surface area (Å²) in [6.07, 6.45) is -5.32. The first-order valence-electron chi connectivity index (χ1n) is 7.30. The minimum absolute atomic E-state index is 0.264. The number of ether oxygens (including phenoxy) is 6. The minimum atomic E-state index is -1.97. The summed E-state index contributed by atoms with van der Waals surface area (Å²) in [5, 5.41) is 9.89. The van der Waals surface area contributed by atoms with Crippen molar-refractivity contribution in [2.75, 3.05) is 6.61 Å². The molecule has 6 atom stereocenters. The number of esters is 3. The topological polar surface area (TPSA) is 127 Å². The third-order valence-corrected chi connectivity index (χ3v) is 3.34. The van der Waals surface area contributed by atoms with Crippen molar-refractivity contribution in [3.05, 3.63) is 0 Å². The van der Waals surface area contributed by atoms with E-state index in [0.29, 0.717) is 0 Å². The Morgan fingerprint density at radius 3 is 2.12 bits per heavy atom. The first kappa shape index (κ1) is 18.6. The molecule has 2 aliphatic rings. The maximum absolute atomic E-state index is 11.4. The fourth-order valence-electron chi connectivity index (χ4n) is 2.59. The molecule has 24 heavy (non-hydrogen) atoms. The van der Waals surface area contributed by atoms with E-state index in [1.54, 1.807) is 0 Å². The van der Waals surface area contributed by atoms with Crippen LogP contribution >= 0.6 is 0 Å². The summed E-state index contributed by atoms with van der Waals surface area (Å²) in [6, 6.07) is 0. The van der Waals surface area contributed by atoms with Gasteiger partial charge in [0.1, 0.15) is 12.7 Å². The van der Waals surface area contributed by atoms with Gasteiger partial charge in [-0.3, -0.25) is 19.1 Å². The molecule has 2 heterocycles. The number of hydrogen-bond acceptors (Lipinski definition) is 10. The second-order valence-electron chi connectivity index (χ2n) is 5.59. The highest BCUT2D eigenvalue weighted by molar-refractivity contribution is 5.67. The minimum Gasteiger partial charge on any atom is -0.463 e. The van der Waals surface area contributed by atoms with E-state index < -0.39 is 54.6 Å². The molecule has 2 saturated heterocycles.